The zero-order valence-electron chi connectivity index (χ0n) is 13.1. The van der Waals surface area contributed by atoms with Crippen molar-refractivity contribution in [2.45, 2.75) is 39.0 Å². The lowest BCUT2D eigenvalue weighted by Crippen LogP contribution is -2.31. The van der Waals surface area contributed by atoms with Gasteiger partial charge in [-0.2, -0.15) is 0 Å². The van der Waals surface area contributed by atoms with Crippen LogP contribution in [0, 0.1) is 5.92 Å². The zero-order valence-corrected chi connectivity index (χ0v) is 13.1. The Kier molecular flexibility index (Phi) is 5.00. The molecule has 6 nitrogen and oxygen atoms in total. The number of likely N-dealkylation sites (tertiary alicyclic amines) is 1. The molecule has 1 aromatic heterocycles. The highest BCUT2D eigenvalue weighted by atomic mass is 16.5. The summed E-state index contributed by atoms with van der Waals surface area (Å²) in [5, 5.41) is 15.7. The highest BCUT2D eigenvalue weighted by Gasteiger charge is 2.24. The van der Waals surface area contributed by atoms with Gasteiger partial charge in [0, 0.05) is 24.6 Å². The molecule has 1 unspecified atom stereocenters. The number of carbonyl (C=O) groups is 1. The van der Waals surface area contributed by atoms with Gasteiger partial charge in [-0.05, 0) is 25.3 Å². The molecule has 1 amide bonds. The van der Waals surface area contributed by atoms with Crippen LogP contribution < -0.4 is 5.32 Å². The predicted octanol–water partition coefficient (Wildman–Crippen LogP) is 1.61. The van der Waals surface area contributed by atoms with Crippen molar-refractivity contribution in [2.24, 2.45) is 5.92 Å². The molecule has 0 radical (unpaired) electrons. The van der Waals surface area contributed by atoms with E-state index in [2.05, 4.69) is 15.4 Å². The van der Waals surface area contributed by atoms with E-state index in [4.69, 9.17) is 9.63 Å². The summed E-state index contributed by atoms with van der Waals surface area (Å²) < 4.78 is 5.15. The van der Waals surface area contributed by atoms with Gasteiger partial charge in [-0.25, -0.2) is 0 Å². The number of amides is 1. The summed E-state index contributed by atoms with van der Waals surface area (Å²) in [5.74, 6) is 0.813. The van der Waals surface area contributed by atoms with Gasteiger partial charge in [0.05, 0.1) is 12.2 Å². The van der Waals surface area contributed by atoms with Crippen LogP contribution in [0.25, 0.3) is 0 Å². The van der Waals surface area contributed by atoms with Gasteiger partial charge in [0.15, 0.2) is 0 Å². The van der Waals surface area contributed by atoms with Gasteiger partial charge >= 0.3 is 0 Å². The molecular formula is C15H25N3O3. The number of hydrogen-bond donors (Lipinski definition) is 2. The molecule has 1 aromatic rings. The van der Waals surface area contributed by atoms with Gasteiger partial charge in [-0.1, -0.05) is 25.9 Å². The molecule has 1 aliphatic rings. The third kappa shape index (κ3) is 4.54. The summed E-state index contributed by atoms with van der Waals surface area (Å²) in [6.45, 7) is 8.48. The summed E-state index contributed by atoms with van der Waals surface area (Å²) in [4.78, 5) is 14.1. The largest absolute Gasteiger partial charge is 0.396 e. The van der Waals surface area contributed by atoms with Crippen LogP contribution in [0.1, 0.15) is 39.3 Å². The summed E-state index contributed by atoms with van der Waals surface area (Å²) in [6.07, 6.45) is 1.86. The Labute approximate surface area is 125 Å². The number of aromatic nitrogens is 1. The van der Waals surface area contributed by atoms with E-state index in [0.29, 0.717) is 18.3 Å². The Hall–Kier alpha value is -1.40. The number of rotatable bonds is 5. The Morgan fingerprint density at radius 2 is 2.33 bits per heavy atom. The smallest absolute Gasteiger partial charge is 0.240 e. The average molecular weight is 295 g/mol. The second kappa shape index (κ2) is 6.58. The summed E-state index contributed by atoms with van der Waals surface area (Å²) in [6, 6.07) is 1.77. The highest BCUT2D eigenvalue weighted by molar-refractivity contribution is 5.91. The van der Waals surface area contributed by atoms with Crippen molar-refractivity contribution < 1.29 is 14.4 Å². The monoisotopic (exact) mass is 295 g/mol. The van der Waals surface area contributed by atoms with E-state index in [1.807, 2.05) is 20.8 Å². The van der Waals surface area contributed by atoms with Crippen LogP contribution >= 0.6 is 0 Å². The molecule has 2 N–H and O–H groups in total. The van der Waals surface area contributed by atoms with E-state index in [1.54, 1.807) is 6.07 Å². The maximum atomic E-state index is 12.0. The van der Waals surface area contributed by atoms with Crippen molar-refractivity contribution in [2.75, 3.05) is 31.6 Å². The highest BCUT2D eigenvalue weighted by Crippen LogP contribution is 2.24. The van der Waals surface area contributed by atoms with Crippen LogP contribution in [0.4, 0.5) is 5.88 Å². The van der Waals surface area contributed by atoms with Crippen molar-refractivity contribution in [1.29, 1.82) is 0 Å². The lowest BCUT2D eigenvalue weighted by atomic mass is 9.92. The van der Waals surface area contributed by atoms with Crippen molar-refractivity contribution in [1.82, 2.24) is 10.1 Å². The minimum Gasteiger partial charge on any atom is -0.396 e. The molecule has 1 saturated heterocycles. The van der Waals surface area contributed by atoms with Gasteiger partial charge in [0.25, 0.3) is 0 Å². The third-order valence-electron chi connectivity index (χ3n) is 3.82. The Morgan fingerprint density at radius 3 is 2.95 bits per heavy atom. The number of anilines is 1. The third-order valence-corrected chi connectivity index (χ3v) is 3.82. The van der Waals surface area contributed by atoms with E-state index < -0.39 is 0 Å². The van der Waals surface area contributed by atoms with E-state index in [0.717, 1.165) is 31.6 Å². The fraction of sp³-hybridized carbons (Fsp3) is 0.733. The second-order valence-electron chi connectivity index (χ2n) is 6.78. The summed E-state index contributed by atoms with van der Waals surface area (Å²) in [5.41, 5.74) is 0.723. The Morgan fingerprint density at radius 1 is 1.57 bits per heavy atom. The summed E-state index contributed by atoms with van der Waals surface area (Å²) >= 11 is 0. The number of nitrogens with zero attached hydrogens (tertiary/aromatic N) is 2. The summed E-state index contributed by atoms with van der Waals surface area (Å²) in [7, 11) is 0. The number of hydrogen-bond acceptors (Lipinski definition) is 5. The molecule has 0 aromatic carbocycles. The van der Waals surface area contributed by atoms with Gasteiger partial charge in [0.1, 0.15) is 0 Å². The van der Waals surface area contributed by atoms with Crippen LogP contribution in [0.5, 0.6) is 0 Å². The molecule has 0 spiro atoms. The zero-order chi connectivity index (χ0) is 15.5. The minimum atomic E-state index is -0.0983. The molecule has 1 fully saturated rings. The van der Waals surface area contributed by atoms with Crippen molar-refractivity contribution >= 4 is 11.8 Å². The van der Waals surface area contributed by atoms with Crippen molar-refractivity contribution in [3.8, 4) is 0 Å². The molecule has 0 aliphatic carbocycles. The maximum Gasteiger partial charge on any atom is 0.240 e. The SMILES string of the molecule is CC(C)(C)c1cc(NC(=O)CN2CCC(CCO)C2)on1. The van der Waals surface area contributed by atoms with Gasteiger partial charge < -0.3 is 9.63 Å². The fourth-order valence-corrected chi connectivity index (χ4v) is 2.54. The van der Waals surface area contributed by atoms with Crippen LogP contribution in [0.15, 0.2) is 10.6 Å². The fourth-order valence-electron chi connectivity index (χ4n) is 2.54. The van der Waals surface area contributed by atoms with Gasteiger partial charge in [-0.3, -0.25) is 15.0 Å². The first kappa shape index (κ1) is 16.0. The molecule has 2 heterocycles. The molecule has 2 rings (SSSR count). The van der Waals surface area contributed by atoms with E-state index >= 15 is 0 Å². The Bertz CT molecular complexity index is 479. The number of aliphatic hydroxyl groups is 1. The molecule has 0 bridgehead atoms. The van der Waals surface area contributed by atoms with Crippen molar-refractivity contribution in [3.05, 3.63) is 11.8 Å². The number of carbonyl (C=O) groups excluding carboxylic acids is 1. The normalized spacial score (nSPS) is 19.9. The number of aliphatic hydroxyl groups excluding tert-OH is 1. The van der Waals surface area contributed by atoms with Crippen LogP contribution in [0.2, 0.25) is 0 Å². The number of nitrogens with one attached hydrogen (secondary N) is 1. The van der Waals surface area contributed by atoms with E-state index in [9.17, 15) is 4.79 Å². The first-order valence-corrected chi connectivity index (χ1v) is 7.48. The van der Waals surface area contributed by atoms with Crippen LogP contribution in [-0.2, 0) is 10.2 Å². The predicted molar refractivity (Wildman–Crippen MR) is 80.1 cm³/mol. The molecular weight excluding hydrogens is 270 g/mol. The van der Waals surface area contributed by atoms with Crippen LogP contribution in [0.3, 0.4) is 0 Å². The minimum absolute atomic E-state index is 0.0868. The molecule has 1 aliphatic heterocycles. The molecule has 1 atom stereocenters. The first-order chi connectivity index (χ1) is 9.88. The first-order valence-electron chi connectivity index (χ1n) is 7.48. The molecule has 6 heteroatoms. The Balaban J connectivity index is 1.81. The lowest BCUT2D eigenvalue weighted by Gasteiger charge is -2.14. The van der Waals surface area contributed by atoms with Crippen LogP contribution in [-0.4, -0.2) is 47.3 Å². The second-order valence-corrected chi connectivity index (χ2v) is 6.78. The van der Waals surface area contributed by atoms with Gasteiger partial charge in [0.2, 0.25) is 11.8 Å². The molecule has 21 heavy (non-hydrogen) atoms. The van der Waals surface area contributed by atoms with E-state index in [1.165, 1.54) is 0 Å². The van der Waals surface area contributed by atoms with E-state index in [-0.39, 0.29) is 17.9 Å². The van der Waals surface area contributed by atoms with Gasteiger partial charge in [-0.15, -0.1) is 0 Å². The maximum absolute atomic E-state index is 12.0. The standard InChI is InChI=1S/C15H25N3O3/c1-15(2,3)12-8-14(21-17-12)16-13(20)10-18-6-4-11(9-18)5-7-19/h8,11,19H,4-7,9-10H2,1-3H3,(H,16,20). The molecule has 0 saturated carbocycles. The lowest BCUT2D eigenvalue weighted by molar-refractivity contribution is -0.117. The quantitative estimate of drug-likeness (QED) is 0.863. The topological polar surface area (TPSA) is 78.6 Å². The van der Waals surface area contributed by atoms with Crippen molar-refractivity contribution in [3.63, 3.8) is 0 Å². The molecule has 118 valence electrons. The average Bonchev–Trinajstić information content (AvgIpc) is 2.98.